The Morgan fingerprint density at radius 1 is 1.47 bits per heavy atom. The molecule has 0 aromatic carbocycles. The first kappa shape index (κ1) is 16.4. The summed E-state index contributed by atoms with van der Waals surface area (Å²) in [6.07, 6.45) is 2.51. The molecule has 1 atom stereocenters. The Hall–Kier alpha value is -0.650. The monoisotopic (exact) mass is 271 g/mol. The van der Waals surface area contributed by atoms with Gasteiger partial charge in [-0.05, 0) is 59.9 Å². The third-order valence-electron chi connectivity index (χ3n) is 3.82. The van der Waals surface area contributed by atoms with E-state index >= 15 is 0 Å². The van der Waals surface area contributed by atoms with Crippen LogP contribution in [-0.2, 0) is 9.53 Å². The van der Waals surface area contributed by atoms with Gasteiger partial charge in [-0.3, -0.25) is 4.79 Å². The normalized spacial score (nSPS) is 19.6. The van der Waals surface area contributed by atoms with Crippen molar-refractivity contribution < 1.29 is 9.53 Å². The van der Waals surface area contributed by atoms with Crippen LogP contribution in [0.15, 0.2) is 0 Å². The van der Waals surface area contributed by atoms with E-state index in [1.807, 2.05) is 14.0 Å². The van der Waals surface area contributed by atoms with Crippen molar-refractivity contribution >= 4 is 5.97 Å². The molecule has 1 unspecified atom stereocenters. The Labute approximate surface area is 117 Å². The lowest BCUT2D eigenvalue weighted by Crippen LogP contribution is -2.46. The number of carbonyl (C=O) groups excluding carboxylic acids is 1. The minimum absolute atomic E-state index is 0.153. The number of hydrogen-bond donors (Lipinski definition) is 1. The van der Waals surface area contributed by atoms with E-state index < -0.39 is 0 Å². The average Bonchev–Trinajstić information content (AvgIpc) is 2.39. The van der Waals surface area contributed by atoms with Gasteiger partial charge in [-0.15, -0.1) is 0 Å². The summed E-state index contributed by atoms with van der Waals surface area (Å²) in [4.78, 5) is 16.4. The SMILES string of the molecule is CCOC(=O)C(CN(C)CC1CCN(C)CC1)NC. The number of carbonyl (C=O) groups is 1. The molecule has 0 aliphatic carbocycles. The molecule has 1 saturated heterocycles. The average molecular weight is 271 g/mol. The number of esters is 1. The first-order chi connectivity index (χ1) is 9.06. The third kappa shape index (κ3) is 5.89. The summed E-state index contributed by atoms with van der Waals surface area (Å²) in [6.45, 7) is 6.42. The Bertz CT molecular complexity index is 265. The molecular weight excluding hydrogens is 242 g/mol. The van der Waals surface area contributed by atoms with Crippen LogP contribution in [-0.4, -0.2) is 75.7 Å². The second kappa shape index (κ2) is 8.51. The summed E-state index contributed by atoms with van der Waals surface area (Å²) in [5.74, 6) is 0.598. The van der Waals surface area contributed by atoms with Crippen LogP contribution < -0.4 is 5.32 Å². The fourth-order valence-corrected chi connectivity index (χ4v) is 2.60. The zero-order valence-electron chi connectivity index (χ0n) is 12.8. The number of likely N-dealkylation sites (N-methyl/N-ethyl adjacent to an activating group) is 2. The Balaban J connectivity index is 2.32. The fourth-order valence-electron chi connectivity index (χ4n) is 2.60. The van der Waals surface area contributed by atoms with E-state index in [4.69, 9.17) is 4.74 Å². The molecule has 1 heterocycles. The number of likely N-dealkylation sites (tertiary alicyclic amines) is 1. The van der Waals surface area contributed by atoms with Gasteiger partial charge >= 0.3 is 5.97 Å². The van der Waals surface area contributed by atoms with Crippen molar-refractivity contribution in [2.75, 3.05) is 53.9 Å². The van der Waals surface area contributed by atoms with Gasteiger partial charge in [-0.1, -0.05) is 0 Å². The smallest absolute Gasteiger partial charge is 0.324 e. The molecule has 0 aromatic rings. The van der Waals surface area contributed by atoms with Crippen molar-refractivity contribution in [2.24, 2.45) is 5.92 Å². The van der Waals surface area contributed by atoms with Crippen molar-refractivity contribution in [3.63, 3.8) is 0 Å². The van der Waals surface area contributed by atoms with E-state index in [0.29, 0.717) is 13.2 Å². The van der Waals surface area contributed by atoms with Gasteiger partial charge in [0, 0.05) is 13.1 Å². The molecule has 1 aliphatic heterocycles. The molecule has 1 fully saturated rings. The highest BCUT2D eigenvalue weighted by Crippen LogP contribution is 2.16. The molecule has 19 heavy (non-hydrogen) atoms. The van der Waals surface area contributed by atoms with E-state index in [1.165, 1.54) is 25.9 Å². The predicted octanol–water partition coefficient (Wildman–Crippen LogP) is 0.411. The molecule has 0 radical (unpaired) electrons. The molecule has 0 amide bonds. The summed E-state index contributed by atoms with van der Waals surface area (Å²) in [5.41, 5.74) is 0. The minimum Gasteiger partial charge on any atom is -0.465 e. The summed E-state index contributed by atoms with van der Waals surface area (Å²) in [6, 6.07) is -0.226. The van der Waals surface area contributed by atoms with Crippen LogP contribution in [0, 0.1) is 5.92 Å². The molecule has 0 spiro atoms. The van der Waals surface area contributed by atoms with Crippen LogP contribution in [0.25, 0.3) is 0 Å². The number of ether oxygens (including phenoxy) is 1. The van der Waals surface area contributed by atoms with E-state index in [-0.39, 0.29) is 12.0 Å². The number of hydrogen-bond acceptors (Lipinski definition) is 5. The molecule has 1 aliphatic rings. The van der Waals surface area contributed by atoms with Crippen LogP contribution in [0.2, 0.25) is 0 Å². The van der Waals surface area contributed by atoms with Crippen LogP contribution in [0.1, 0.15) is 19.8 Å². The van der Waals surface area contributed by atoms with Crippen molar-refractivity contribution in [3.05, 3.63) is 0 Å². The van der Waals surface area contributed by atoms with Crippen LogP contribution in [0.3, 0.4) is 0 Å². The Kier molecular flexibility index (Phi) is 7.34. The largest absolute Gasteiger partial charge is 0.465 e. The lowest BCUT2D eigenvalue weighted by Gasteiger charge is -2.32. The molecule has 0 bridgehead atoms. The number of nitrogens with zero attached hydrogens (tertiary/aromatic N) is 2. The molecule has 1 N–H and O–H groups in total. The lowest BCUT2D eigenvalue weighted by molar-refractivity contribution is -0.146. The van der Waals surface area contributed by atoms with Crippen molar-refractivity contribution in [2.45, 2.75) is 25.8 Å². The van der Waals surface area contributed by atoms with Gasteiger partial charge in [0.15, 0.2) is 0 Å². The Morgan fingerprint density at radius 3 is 2.63 bits per heavy atom. The predicted molar refractivity (Wildman–Crippen MR) is 77.2 cm³/mol. The Morgan fingerprint density at radius 2 is 2.11 bits per heavy atom. The van der Waals surface area contributed by atoms with Gasteiger partial charge < -0.3 is 19.9 Å². The molecule has 0 saturated carbocycles. The van der Waals surface area contributed by atoms with Gasteiger partial charge in [0.05, 0.1) is 6.61 Å². The quantitative estimate of drug-likeness (QED) is 0.680. The van der Waals surface area contributed by atoms with Gasteiger partial charge in [0.2, 0.25) is 0 Å². The van der Waals surface area contributed by atoms with Crippen molar-refractivity contribution in [1.29, 1.82) is 0 Å². The number of nitrogens with one attached hydrogen (secondary N) is 1. The highest BCUT2D eigenvalue weighted by Gasteiger charge is 2.22. The fraction of sp³-hybridized carbons (Fsp3) is 0.929. The van der Waals surface area contributed by atoms with E-state index in [1.54, 1.807) is 0 Å². The van der Waals surface area contributed by atoms with E-state index in [0.717, 1.165) is 12.5 Å². The summed E-state index contributed by atoms with van der Waals surface area (Å²) in [7, 11) is 6.07. The van der Waals surface area contributed by atoms with Crippen LogP contribution >= 0.6 is 0 Å². The van der Waals surface area contributed by atoms with Crippen molar-refractivity contribution in [3.8, 4) is 0 Å². The first-order valence-corrected chi connectivity index (χ1v) is 7.27. The molecule has 5 heteroatoms. The first-order valence-electron chi connectivity index (χ1n) is 7.27. The second-order valence-electron chi connectivity index (χ2n) is 5.56. The molecule has 0 aromatic heterocycles. The zero-order valence-corrected chi connectivity index (χ0v) is 12.8. The topological polar surface area (TPSA) is 44.8 Å². The third-order valence-corrected chi connectivity index (χ3v) is 3.82. The standard InChI is InChI=1S/C14H29N3O2/c1-5-19-14(18)13(15-2)11-17(4)10-12-6-8-16(3)9-7-12/h12-13,15H,5-11H2,1-4H3. The summed E-state index contributed by atoms with van der Waals surface area (Å²) >= 11 is 0. The molecule has 112 valence electrons. The van der Waals surface area contributed by atoms with Gasteiger partial charge in [0.25, 0.3) is 0 Å². The maximum atomic E-state index is 11.7. The number of rotatable bonds is 7. The van der Waals surface area contributed by atoms with E-state index in [2.05, 4.69) is 29.2 Å². The van der Waals surface area contributed by atoms with Crippen molar-refractivity contribution in [1.82, 2.24) is 15.1 Å². The lowest BCUT2D eigenvalue weighted by atomic mass is 9.96. The minimum atomic E-state index is -0.226. The number of piperidine rings is 1. The zero-order chi connectivity index (χ0) is 14.3. The summed E-state index contributed by atoms with van der Waals surface area (Å²) in [5, 5.41) is 3.04. The summed E-state index contributed by atoms with van der Waals surface area (Å²) < 4.78 is 5.07. The maximum Gasteiger partial charge on any atom is 0.324 e. The molecule has 1 rings (SSSR count). The molecule has 5 nitrogen and oxygen atoms in total. The second-order valence-corrected chi connectivity index (χ2v) is 5.56. The van der Waals surface area contributed by atoms with Crippen LogP contribution in [0.5, 0.6) is 0 Å². The van der Waals surface area contributed by atoms with Gasteiger partial charge in [0.1, 0.15) is 6.04 Å². The van der Waals surface area contributed by atoms with Crippen LogP contribution in [0.4, 0.5) is 0 Å². The maximum absolute atomic E-state index is 11.7. The van der Waals surface area contributed by atoms with Gasteiger partial charge in [-0.2, -0.15) is 0 Å². The van der Waals surface area contributed by atoms with E-state index in [9.17, 15) is 4.79 Å². The highest BCUT2D eigenvalue weighted by atomic mass is 16.5. The molecular formula is C14H29N3O2. The highest BCUT2D eigenvalue weighted by molar-refractivity contribution is 5.76. The van der Waals surface area contributed by atoms with Gasteiger partial charge in [-0.25, -0.2) is 0 Å².